The lowest BCUT2D eigenvalue weighted by molar-refractivity contribution is -0.157. The zero-order chi connectivity index (χ0) is 14.9. The van der Waals surface area contributed by atoms with Gasteiger partial charge in [0.25, 0.3) is 0 Å². The molecule has 3 nitrogen and oxygen atoms in total. The second-order valence-electron chi connectivity index (χ2n) is 8.50. The van der Waals surface area contributed by atoms with Gasteiger partial charge in [0.05, 0.1) is 18.0 Å². The second kappa shape index (κ2) is 4.11. The van der Waals surface area contributed by atoms with Gasteiger partial charge in [-0.3, -0.25) is 0 Å². The molecule has 0 aromatic carbocycles. The van der Waals surface area contributed by atoms with Gasteiger partial charge in [-0.25, -0.2) is 0 Å². The third-order valence-electron chi connectivity index (χ3n) is 5.43. The summed E-state index contributed by atoms with van der Waals surface area (Å²) >= 11 is 0. The first-order valence-electron chi connectivity index (χ1n) is 7.77. The highest BCUT2D eigenvalue weighted by Gasteiger charge is 2.58. The van der Waals surface area contributed by atoms with Crippen molar-refractivity contribution in [3.05, 3.63) is 11.8 Å². The van der Waals surface area contributed by atoms with E-state index in [0.717, 1.165) is 6.42 Å². The zero-order valence-electron chi connectivity index (χ0n) is 13.8. The molecule has 0 aromatic heterocycles. The van der Waals surface area contributed by atoms with Crippen molar-refractivity contribution >= 4 is 8.32 Å². The van der Waals surface area contributed by atoms with E-state index >= 15 is 0 Å². The first-order chi connectivity index (χ1) is 9.00. The maximum atomic E-state index is 6.54. The van der Waals surface area contributed by atoms with Crippen LogP contribution in [-0.4, -0.2) is 26.3 Å². The molecule has 4 atom stereocenters. The van der Waals surface area contributed by atoms with Gasteiger partial charge in [-0.05, 0) is 44.5 Å². The average molecular weight is 296 g/mol. The molecule has 2 fully saturated rings. The van der Waals surface area contributed by atoms with Crippen LogP contribution < -0.4 is 0 Å². The van der Waals surface area contributed by atoms with E-state index in [-0.39, 0.29) is 17.2 Å². The lowest BCUT2D eigenvalue weighted by Crippen LogP contribution is -2.42. The molecule has 0 amide bonds. The van der Waals surface area contributed by atoms with Crippen LogP contribution in [0.1, 0.15) is 41.0 Å². The maximum absolute atomic E-state index is 6.54. The fraction of sp³-hybridized carbons (Fsp3) is 0.875. The topological polar surface area (TPSA) is 27.7 Å². The van der Waals surface area contributed by atoms with Gasteiger partial charge < -0.3 is 13.9 Å². The Morgan fingerprint density at radius 3 is 2.40 bits per heavy atom. The van der Waals surface area contributed by atoms with E-state index in [1.54, 1.807) is 0 Å². The Balaban J connectivity index is 1.77. The molecule has 3 rings (SSSR count). The summed E-state index contributed by atoms with van der Waals surface area (Å²) in [7, 11) is -1.75. The van der Waals surface area contributed by atoms with Crippen LogP contribution in [0.15, 0.2) is 11.8 Å². The minimum Gasteiger partial charge on any atom is -0.546 e. The van der Waals surface area contributed by atoms with Crippen molar-refractivity contribution in [2.45, 2.75) is 77.2 Å². The van der Waals surface area contributed by atoms with E-state index in [9.17, 15) is 0 Å². The summed E-state index contributed by atoms with van der Waals surface area (Å²) in [6.45, 7) is 15.5. The molecule has 0 unspecified atom stereocenters. The largest absolute Gasteiger partial charge is 0.546 e. The fourth-order valence-corrected chi connectivity index (χ4v) is 4.47. The fourth-order valence-electron chi connectivity index (χ4n) is 3.35. The second-order valence-corrected chi connectivity index (χ2v) is 13.2. The number of fused-ring (bicyclic) bond motifs is 5. The summed E-state index contributed by atoms with van der Waals surface area (Å²) in [5, 5.41) is 0.237. The SMILES string of the molecule is CC1(C)O[C@@H]2[C@H](O1)[C@@H]1C=C(O[Si](C)(C)C(C)(C)C)[C@H]2C1. The summed E-state index contributed by atoms with van der Waals surface area (Å²) in [5.74, 6) is 1.63. The number of hydrogen-bond donors (Lipinski definition) is 0. The Bertz CT molecular complexity index is 447. The molecular weight excluding hydrogens is 268 g/mol. The molecule has 114 valence electrons. The molecule has 1 aliphatic heterocycles. The van der Waals surface area contributed by atoms with Crippen LogP contribution in [0, 0.1) is 11.8 Å². The van der Waals surface area contributed by atoms with E-state index in [1.807, 2.05) is 13.8 Å². The third-order valence-corrected chi connectivity index (χ3v) is 9.79. The molecule has 0 radical (unpaired) electrons. The van der Waals surface area contributed by atoms with Crippen LogP contribution in [0.3, 0.4) is 0 Å². The van der Waals surface area contributed by atoms with Crippen molar-refractivity contribution < 1.29 is 13.9 Å². The van der Waals surface area contributed by atoms with Crippen LogP contribution in [0.4, 0.5) is 0 Å². The first-order valence-corrected chi connectivity index (χ1v) is 10.7. The van der Waals surface area contributed by atoms with E-state index in [0.29, 0.717) is 11.8 Å². The van der Waals surface area contributed by atoms with Gasteiger partial charge in [-0.1, -0.05) is 20.8 Å². The highest BCUT2D eigenvalue weighted by molar-refractivity contribution is 6.74. The standard InChI is InChI=1S/C16H28O3Si/c1-15(2,3)20(6,7)19-12-9-10-8-11(12)14-13(10)17-16(4,5)18-14/h9-11,13-14H,8H2,1-7H3/t10-,11+,13+,14-/m0/s1. The van der Waals surface area contributed by atoms with Crippen molar-refractivity contribution in [1.29, 1.82) is 0 Å². The van der Waals surface area contributed by atoms with Gasteiger partial charge in [-0.15, -0.1) is 0 Å². The van der Waals surface area contributed by atoms with E-state index in [2.05, 4.69) is 39.9 Å². The number of ether oxygens (including phenoxy) is 2. The van der Waals surface area contributed by atoms with Crippen LogP contribution in [0.25, 0.3) is 0 Å². The van der Waals surface area contributed by atoms with E-state index in [1.165, 1.54) is 5.76 Å². The summed E-state index contributed by atoms with van der Waals surface area (Å²) in [4.78, 5) is 0. The van der Waals surface area contributed by atoms with Crippen LogP contribution >= 0.6 is 0 Å². The third kappa shape index (κ3) is 2.16. The van der Waals surface area contributed by atoms with Crippen molar-refractivity contribution in [3.8, 4) is 0 Å². The Labute approximate surface area is 123 Å². The Morgan fingerprint density at radius 2 is 1.80 bits per heavy atom. The predicted molar refractivity (Wildman–Crippen MR) is 81.8 cm³/mol. The summed E-state index contributed by atoms with van der Waals surface area (Å²) < 4.78 is 18.7. The molecule has 0 aromatic rings. The minimum atomic E-state index is -1.75. The van der Waals surface area contributed by atoms with Crippen molar-refractivity contribution in [3.63, 3.8) is 0 Å². The summed E-state index contributed by atoms with van der Waals surface area (Å²) in [6, 6.07) is 0. The molecule has 3 aliphatic rings. The molecule has 0 N–H and O–H groups in total. The monoisotopic (exact) mass is 296 g/mol. The van der Waals surface area contributed by atoms with Crippen LogP contribution in [0.2, 0.25) is 18.1 Å². The Kier molecular flexibility index (Phi) is 3.00. The van der Waals surface area contributed by atoms with Gasteiger partial charge in [0.1, 0.15) is 0 Å². The van der Waals surface area contributed by atoms with Gasteiger partial charge in [0.2, 0.25) is 8.32 Å². The molecule has 20 heavy (non-hydrogen) atoms. The maximum Gasteiger partial charge on any atom is 0.250 e. The van der Waals surface area contributed by atoms with Crippen molar-refractivity contribution in [1.82, 2.24) is 0 Å². The lowest BCUT2D eigenvalue weighted by Gasteiger charge is -2.39. The van der Waals surface area contributed by atoms with Crippen LogP contribution in [0.5, 0.6) is 0 Å². The highest BCUT2D eigenvalue weighted by atomic mass is 28.4. The van der Waals surface area contributed by atoms with Gasteiger partial charge in [0, 0.05) is 11.8 Å². The number of hydrogen-bond acceptors (Lipinski definition) is 3. The molecule has 0 spiro atoms. The normalized spacial score (nSPS) is 38.9. The van der Waals surface area contributed by atoms with Crippen LogP contribution in [-0.2, 0) is 13.9 Å². The molecule has 2 aliphatic carbocycles. The first kappa shape index (κ1) is 14.6. The van der Waals surface area contributed by atoms with E-state index in [4.69, 9.17) is 13.9 Å². The van der Waals surface area contributed by atoms with Crippen molar-refractivity contribution in [2.24, 2.45) is 11.8 Å². The molecule has 4 heteroatoms. The molecule has 1 saturated carbocycles. The lowest BCUT2D eigenvalue weighted by atomic mass is 10.0. The minimum absolute atomic E-state index is 0.194. The predicted octanol–water partition coefficient (Wildman–Crippen LogP) is 4.06. The zero-order valence-corrected chi connectivity index (χ0v) is 14.8. The van der Waals surface area contributed by atoms with Gasteiger partial charge in [-0.2, -0.15) is 0 Å². The average Bonchev–Trinajstić information content (AvgIpc) is 2.83. The Morgan fingerprint density at radius 1 is 1.20 bits per heavy atom. The van der Waals surface area contributed by atoms with Crippen molar-refractivity contribution in [2.75, 3.05) is 0 Å². The quantitative estimate of drug-likeness (QED) is 0.719. The molecule has 1 heterocycles. The highest BCUT2D eigenvalue weighted by Crippen LogP contribution is 2.54. The summed E-state index contributed by atoms with van der Waals surface area (Å²) in [6.07, 6.45) is 3.88. The summed E-state index contributed by atoms with van der Waals surface area (Å²) in [5.41, 5.74) is 0. The molecule has 1 saturated heterocycles. The van der Waals surface area contributed by atoms with Gasteiger partial charge in [0.15, 0.2) is 5.79 Å². The molecule has 2 bridgehead atoms. The van der Waals surface area contributed by atoms with E-state index < -0.39 is 14.1 Å². The Hall–Kier alpha value is -0.323. The van der Waals surface area contributed by atoms with Gasteiger partial charge >= 0.3 is 0 Å². The number of rotatable bonds is 2. The smallest absolute Gasteiger partial charge is 0.250 e. The molecular formula is C16H28O3Si.